The van der Waals surface area contributed by atoms with Crippen molar-refractivity contribution in [3.05, 3.63) is 0 Å². The van der Waals surface area contributed by atoms with Gasteiger partial charge in [-0.05, 0) is 13.3 Å². The normalized spacial score (nSPS) is 16.0. The summed E-state index contributed by atoms with van der Waals surface area (Å²) in [6.45, 7) is 3.95. The zero-order valence-corrected chi connectivity index (χ0v) is 8.77. The van der Waals surface area contributed by atoms with E-state index in [0.29, 0.717) is 0 Å². The van der Waals surface area contributed by atoms with E-state index in [9.17, 15) is 4.79 Å². The monoisotopic (exact) mass is 256 g/mol. The van der Waals surface area contributed by atoms with Gasteiger partial charge in [-0.25, -0.2) is 0 Å². The highest BCUT2D eigenvalue weighted by atomic mass is 127. The Bertz CT molecular complexity index is 121. The number of methoxy groups -OCH3 is 1. The van der Waals surface area contributed by atoms with Crippen LogP contribution in [0.5, 0.6) is 0 Å². The van der Waals surface area contributed by atoms with Crippen LogP contribution in [-0.4, -0.2) is 16.5 Å². The van der Waals surface area contributed by atoms with Crippen molar-refractivity contribution in [2.24, 2.45) is 0 Å². The molecule has 0 amide bonds. The number of halogens is 1. The number of rotatable bonds is 3. The average molecular weight is 256 g/mol. The fourth-order valence-corrected chi connectivity index (χ4v) is 1.54. The van der Waals surface area contributed by atoms with Gasteiger partial charge in [-0.2, -0.15) is 0 Å². The molecule has 10 heavy (non-hydrogen) atoms. The molecule has 0 fully saturated rings. The van der Waals surface area contributed by atoms with E-state index in [1.54, 1.807) is 0 Å². The van der Waals surface area contributed by atoms with E-state index in [2.05, 4.69) is 34.3 Å². The van der Waals surface area contributed by atoms with Crippen LogP contribution in [0, 0.1) is 0 Å². The minimum Gasteiger partial charge on any atom is -0.468 e. The Labute approximate surface area is 75.5 Å². The zero-order chi connectivity index (χ0) is 8.20. The van der Waals surface area contributed by atoms with Gasteiger partial charge in [0.1, 0.15) is 3.42 Å². The third-order valence-electron chi connectivity index (χ3n) is 1.33. The molecule has 0 heterocycles. The predicted octanol–water partition coefficient (Wildman–Crippen LogP) is 2.15. The van der Waals surface area contributed by atoms with Crippen molar-refractivity contribution in [2.45, 2.75) is 30.1 Å². The summed E-state index contributed by atoms with van der Waals surface area (Å²) in [6.07, 6.45) is 1.88. The van der Waals surface area contributed by atoms with Crippen LogP contribution in [0.1, 0.15) is 26.7 Å². The largest absolute Gasteiger partial charge is 0.468 e. The van der Waals surface area contributed by atoms with Crippen LogP contribution >= 0.6 is 22.6 Å². The van der Waals surface area contributed by atoms with E-state index in [0.717, 1.165) is 12.8 Å². The first-order valence-corrected chi connectivity index (χ1v) is 4.39. The maximum absolute atomic E-state index is 11.0. The maximum Gasteiger partial charge on any atom is 0.321 e. The molecule has 0 aromatic carbocycles. The number of hydrogen-bond donors (Lipinski definition) is 0. The molecule has 1 atom stereocenters. The summed E-state index contributed by atoms with van der Waals surface area (Å²) in [5.41, 5.74) is 0. The summed E-state index contributed by atoms with van der Waals surface area (Å²) < 4.78 is 4.29. The summed E-state index contributed by atoms with van der Waals surface area (Å²) >= 11 is 2.13. The molecular formula is C7H13IO2. The fourth-order valence-electron chi connectivity index (χ4n) is 0.784. The highest BCUT2D eigenvalue weighted by Gasteiger charge is 2.29. The smallest absolute Gasteiger partial charge is 0.321 e. The van der Waals surface area contributed by atoms with Gasteiger partial charge >= 0.3 is 5.97 Å². The quantitative estimate of drug-likeness (QED) is 0.439. The maximum atomic E-state index is 11.0. The lowest BCUT2D eigenvalue weighted by molar-refractivity contribution is -0.142. The minimum absolute atomic E-state index is 0.130. The molecule has 0 saturated heterocycles. The van der Waals surface area contributed by atoms with Gasteiger partial charge < -0.3 is 4.74 Å². The molecular weight excluding hydrogens is 243 g/mol. The lowest BCUT2D eigenvalue weighted by Gasteiger charge is -2.17. The first-order valence-electron chi connectivity index (χ1n) is 3.32. The Balaban J connectivity index is 3.96. The number of carbonyl (C=O) groups excluding carboxylic acids is 1. The Morgan fingerprint density at radius 1 is 1.70 bits per heavy atom. The Morgan fingerprint density at radius 2 is 2.20 bits per heavy atom. The van der Waals surface area contributed by atoms with E-state index in [-0.39, 0.29) is 9.39 Å². The van der Waals surface area contributed by atoms with Gasteiger partial charge in [0.2, 0.25) is 0 Å². The molecule has 0 N–H and O–H groups in total. The minimum atomic E-state index is -0.332. The van der Waals surface area contributed by atoms with E-state index in [1.165, 1.54) is 7.11 Å². The third kappa shape index (κ3) is 2.86. The van der Waals surface area contributed by atoms with Gasteiger partial charge in [0.15, 0.2) is 0 Å². The summed E-state index contributed by atoms with van der Waals surface area (Å²) in [4.78, 5) is 11.0. The molecule has 0 aliphatic carbocycles. The van der Waals surface area contributed by atoms with Crippen LogP contribution in [0.2, 0.25) is 0 Å². The third-order valence-corrected chi connectivity index (χ3v) is 2.31. The van der Waals surface area contributed by atoms with Gasteiger partial charge in [-0.3, -0.25) is 4.79 Å². The van der Waals surface area contributed by atoms with Crippen molar-refractivity contribution in [3.8, 4) is 0 Å². The van der Waals surface area contributed by atoms with Crippen LogP contribution in [0.4, 0.5) is 0 Å². The molecule has 3 heteroatoms. The zero-order valence-electron chi connectivity index (χ0n) is 6.61. The Kier molecular flexibility index (Phi) is 4.24. The lowest BCUT2D eigenvalue weighted by atomic mass is 10.1. The molecule has 2 nitrogen and oxygen atoms in total. The molecule has 0 saturated carbocycles. The second-order valence-corrected chi connectivity index (χ2v) is 4.82. The van der Waals surface area contributed by atoms with Crippen LogP contribution in [0.25, 0.3) is 0 Å². The van der Waals surface area contributed by atoms with E-state index >= 15 is 0 Å². The van der Waals surface area contributed by atoms with Crippen molar-refractivity contribution in [3.63, 3.8) is 0 Å². The molecule has 0 aromatic rings. The van der Waals surface area contributed by atoms with E-state index in [1.807, 2.05) is 6.92 Å². The van der Waals surface area contributed by atoms with E-state index < -0.39 is 0 Å². The highest BCUT2D eigenvalue weighted by Crippen LogP contribution is 2.25. The average Bonchev–Trinajstić information content (AvgIpc) is 1.86. The standard InChI is InChI=1S/C7H13IO2/c1-4-5-7(2,8)6(9)10-3/h4-5H2,1-3H3. The molecule has 0 aromatic heterocycles. The molecule has 0 radical (unpaired) electrons. The van der Waals surface area contributed by atoms with Crippen LogP contribution < -0.4 is 0 Å². The first-order chi connectivity index (χ1) is 4.54. The molecule has 0 bridgehead atoms. The summed E-state index contributed by atoms with van der Waals surface area (Å²) in [5.74, 6) is -0.130. The van der Waals surface area contributed by atoms with Gasteiger partial charge in [0, 0.05) is 0 Å². The topological polar surface area (TPSA) is 26.3 Å². The number of carbonyl (C=O) groups is 1. The molecule has 0 spiro atoms. The van der Waals surface area contributed by atoms with Gasteiger partial charge in [0.05, 0.1) is 7.11 Å². The van der Waals surface area contributed by atoms with Crippen molar-refractivity contribution in [1.29, 1.82) is 0 Å². The molecule has 0 aliphatic rings. The van der Waals surface area contributed by atoms with Crippen LogP contribution in [0.3, 0.4) is 0 Å². The molecule has 1 unspecified atom stereocenters. The summed E-state index contributed by atoms with van der Waals surface area (Å²) in [7, 11) is 1.43. The van der Waals surface area contributed by atoms with Crippen molar-refractivity contribution in [1.82, 2.24) is 0 Å². The molecule has 0 aliphatic heterocycles. The second kappa shape index (κ2) is 4.16. The SMILES string of the molecule is CCCC(C)(I)C(=O)OC. The number of ether oxygens (including phenoxy) is 1. The van der Waals surface area contributed by atoms with Gasteiger partial charge in [-0.1, -0.05) is 35.9 Å². The van der Waals surface area contributed by atoms with Crippen LogP contribution in [-0.2, 0) is 9.53 Å². The molecule has 60 valence electrons. The van der Waals surface area contributed by atoms with Crippen LogP contribution in [0.15, 0.2) is 0 Å². The number of hydrogen-bond acceptors (Lipinski definition) is 2. The van der Waals surface area contributed by atoms with Gasteiger partial charge in [0.25, 0.3) is 0 Å². The van der Waals surface area contributed by atoms with E-state index in [4.69, 9.17) is 0 Å². The second-order valence-electron chi connectivity index (χ2n) is 2.44. The highest BCUT2D eigenvalue weighted by molar-refractivity contribution is 14.1. The lowest BCUT2D eigenvalue weighted by Crippen LogP contribution is -2.28. The Morgan fingerprint density at radius 3 is 2.50 bits per heavy atom. The van der Waals surface area contributed by atoms with Crippen molar-refractivity contribution < 1.29 is 9.53 Å². The predicted molar refractivity (Wildman–Crippen MR) is 49.3 cm³/mol. The number of alkyl halides is 1. The summed E-state index contributed by atoms with van der Waals surface area (Å²) in [5, 5.41) is 0. The van der Waals surface area contributed by atoms with Crippen molar-refractivity contribution >= 4 is 28.6 Å². The van der Waals surface area contributed by atoms with Crippen molar-refractivity contribution in [2.75, 3.05) is 7.11 Å². The Hall–Kier alpha value is 0.200. The number of esters is 1. The fraction of sp³-hybridized carbons (Fsp3) is 0.857. The first kappa shape index (κ1) is 10.2. The summed E-state index contributed by atoms with van der Waals surface area (Å²) in [6, 6.07) is 0. The molecule has 0 rings (SSSR count). The van der Waals surface area contributed by atoms with Gasteiger partial charge in [-0.15, -0.1) is 0 Å².